The normalized spacial score (nSPS) is 10.7. The summed E-state index contributed by atoms with van der Waals surface area (Å²) in [7, 11) is 0. The lowest BCUT2D eigenvalue weighted by atomic mass is 10.6. The Bertz CT molecular complexity index is 138. The lowest BCUT2D eigenvalue weighted by Gasteiger charge is -2.24. The fourth-order valence-corrected chi connectivity index (χ4v) is 1.01. The first kappa shape index (κ1) is 13.3. The van der Waals surface area contributed by atoms with Crippen LogP contribution in [0.3, 0.4) is 0 Å². The number of nitrogens with zero attached hydrogens (tertiary/aromatic N) is 2. The zero-order valence-corrected chi connectivity index (χ0v) is 9.75. The predicted octanol–water partition coefficient (Wildman–Crippen LogP) is 2.00. The van der Waals surface area contributed by atoms with Crippen molar-refractivity contribution in [1.29, 1.82) is 0 Å². The smallest absolute Gasteiger partial charge is 0.312 e. The van der Waals surface area contributed by atoms with Crippen molar-refractivity contribution in [2.75, 3.05) is 26.2 Å². The molecular formula is C10H22N2O2. The van der Waals surface area contributed by atoms with E-state index in [9.17, 15) is 0 Å². The van der Waals surface area contributed by atoms with E-state index < -0.39 is 0 Å². The molecule has 0 aliphatic carbocycles. The Balaban J connectivity index is 3.83. The summed E-state index contributed by atoms with van der Waals surface area (Å²) in [6.07, 6.45) is 0. The third kappa shape index (κ3) is 5.09. The molecule has 4 nitrogen and oxygen atoms in total. The maximum atomic E-state index is 5.36. The molecule has 0 rings (SSSR count). The summed E-state index contributed by atoms with van der Waals surface area (Å²) >= 11 is 0. The van der Waals surface area contributed by atoms with E-state index in [-0.39, 0.29) is 0 Å². The average Bonchev–Trinajstić information content (AvgIpc) is 2.22. The number of hydrogen-bond donors (Lipinski definition) is 0. The van der Waals surface area contributed by atoms with Crippen molar-refractivity contribution in [3.8, 4) is 0 Å². The molecule has 0 amide bonds. The number of hydrogen-bond acceptors (Lipinski definition) is 4. The van der Waals surface area contributed by atoms with Crippen LogP contribution < -0.4 is 0 Å². The van der Waals surface area contributed by atoms with Crippen molar-refractivity contribution in [2.24, 2.45) is 0 Å². The quantitative estimate of drug-likeness (QED) is 0.444. The van der Waals surface area contributed by atoms with Crippen LogP contribution in [0, 0.1) is 0 Å². The van der Waals surface area contributed by atoms with Gasteiger partial charge in [0.15, 0.2) is 0 Å². The molecule has 0 N–H and O–H groups in total. The van der Waals surface area contributed by atoms with E-state index in [1.54, 1.807) is 10.1 Å². The Hall–Kier alpha value is -0.740. The van der Waals surface area contributed by atoms with Gasteiger partial charge in [-0.15, -0.1) is 10.1 Å². The zero-order valence-electron chi connectivity index (χ0n) is 9.75. The van der Waals surface area contributed by atoms with Gasteiger partial charge < -0.3 is 9.68 Å². The molecule has 4 heteroatoms. The maximum Gasteiger partial charge on any atom is 0.312 e. The molecule has 0 bridgehead atoms. The molecule has 0 heterocycles. The molecule has 0 saturated carbocycles. The molecule has 0 aliphatic heterocycles. The Kier molecular flexibility index (Phi) is 7.24. The molecule has 14 heavy (non-hydrogen) atoms. The third-order valence-electron chi connectivity index (χ3n) is 1.87. The van der Waals surface area contributed by atoms with Crippen molar-refractivity contribution >= 4 is 0 Å². The summed E-state index contributed by atoms with van der Waals surface area (Å²) in [6, 6.07) is 0. The molecule has 0 unspecified atom stereocenters. The second kappa shape index (κ2) is 7.64. The first-order valence-corrected chi connectivity index (χ1v) is 5.22. The topological polar surface area (TPSA) is 24.9 Å². The maximum absolute atomic E-state index is 5.36. The van der Waals surface area contributed by atoms with Crippen LogP contribution in [-0.2, 0) is 9.68 Å². The molecular weight excluding hydrogens is 180 g/mol. The molecule has 0 saturated heterocycles. The molecule has 0 spiro atoms. The highest BCUT2D eigenvalue weighted by Crippen LogP contribution is 2.04. The lowest BCUT2D eigenvalue weighted by molar-refractivity contribution is -0.232. The van der Waals surface area contributed by atoms with E-state index in [1.165, 1.54) is 0 Å². The van der Waals surface area contributed by atoms with Gasteiger partial charge in [0.25, 0.3) is 0 Å². The monoisotopic (exact) mass is 202 g/mol. The zero-order chi connectivity index (χ0) is 11.0. The molecule has 0 aromatic carbocycles. The highest BCUT2D eigenvalue weighted by Gasteiger charge is 2.07. The first-order valence-electron chi connectivity index (χ1n) is 5.22. The van der Waals surface area contributed by atoms with Gasteiger partial charge in [0.05, 0.1) is 0 Å². The summed E-state index contributed by atoms with van der Waals surface area (Å²) in [5, 5.41) is 3.57. The van der Waals surface area contributed by atoms with Crippen LogP contribution in [0.2, 0.25) is 0 Å². The minimum Gasteiger partial charge on any atom is -0.367 e. The standard InChI is InChI=1S/C10H22N2O2/c1-6-11(7-2)13-10(5)14-12(8-3)9-4/h5-9H2,1-4H3. The lowest BCUT2D eigenvalue weighted by Crippen LogP contribution is -2.28. The van der Waals surface area contributed by atoms with Gasteiger partial charge in [-0.25, -0.2) is 0 Å². The summed E-state index contributed by atoms with van der Waals surface area (Å²) < 4.78 is 0. The van der Waals surface area contributed by atoms with Gasteiger partial charge in [-0.05, 0) is 34.3 Å². The van der Waals surface area contributed by atoms with E-state index in [0.29, 0.717) is 5.95 Å². The highest BCUT2D eigenvalue weighted by molar-refractivity contribution is 4.66. The van der Waals surface area contributed by atoms with Crippen molar-refractivity contribution in [3.05, 3.63) is 12.5 Å². The first-order chi connectivity index (χ1) is 6.67. The molecule has 0 atom stereocenters. The summed E-state index contributed by atoms with van der Waals surface area (Å²) in [5.74, 6) is 0.331. The number of rotatable bonds is 8. The van der Waals surface area contributed by atoms with Crippen LogP contribution in [0.15, 0.2) is 12.5 Å². The minimum atomic E-state index is 0.331. The summed E-state index contributed by atoms with van der Waals surface area (Å²) in [5.41, 5.74) is 0. The molecule has 0 fully saturated rings. The Morgan fingerprint density at radius 3 is 1.36 bits per heavy atom. The van der Waals surface area contributed by atoms with Crippen LogP contribution in [0.4, 0.5) is 0 Å². The molecule has 84 valence electrons. The van der Waals surface area contributed by atoms with Gasteiger partial charge in [0.2, 0.25) is 0 Å². The summed E-state index contributed by atoms with van der Waals surface area (Å²) in [4.78, 5) is 10.7. The molecule has 0 aromatic rings. The van der Waals surface area contributed by atoms with Gasteiger partial charge in [0.1, 0.15) is 0 Å². The van der Waals surface area contributed by atoms with Gasteiger partial charge >= 0.3 is 5.95 Å². The SMILES string of the molecule is C=C(ON(CC)CC)ON(CC)CC. The fraction of sp³-hybridized carbons (Fsp3) is 0.800. The second-order valence-electron chi connectivity index (χ2n) is 2.78. The van der Waals surface area contributed by atoms with Gasteiger partial charge in [-0.1, -0.05) is 0 Å². The Labute approximate surface area is 87.0 Å². The largest absolute Gasteiger partial charge is 0.367 e. The highest BCUT2D eigenvalue weighted by atomic mass is 16.8. The predicted molar refractivity (Wildman–Crippen MR) is 57.2 cm³/mol. The van der Waals surface area contributed by atoms with Crippen LogP contribution in [0.25, 0.3) is 0 Å². The van der Waals surface area contributed by atoms with Gasteiger partial charge in [0, 0.05) is 26.2 Å². The van der Waals surface area contributed by atoms with Crippen LogP contribution in [0.5, 0.6) is 0 Å². The molecule has 0 radical (unpaired) electrons. The third-order valence-corrected chi connectivity index (χ3v) is 1.87. The van der Waals surface area contributed by atoms with E-state index in [4.69, 9.17) is 9.68 Å². The van der Waals surface area contributed by atoms with Crippen LogP contribution in [0.1, 0.15) is 27.7 Å². The average molecular weight is 202 g/mol. The van der Waals surface area contributed by atoms with Crippen molar-refractivity contribution < 1.29 is 9.68 Å². The Morgan fingerprint density at radius 1 is 0.857 bits per heavy atom. The van der Waals surface area contributed by atoms with Crippen molar-refractivity contribution in [1.82, 2.24) is 10.1 Å². The fourth-order valence-electron chi connectivity index (χ4n) is 1.01. The van der Waals surface area contributed by atoms with Crippen molar-refractivity contribution in [2.45, 2.75) is 27.7 Å². The second-order valence-corrected chi connectivity index (χ2v) is 2.78. The van der Waals surface area contributed by atoms with Gasteiger partial charge in [-0.2, -0.15) is 0 Å². The van der Waals surface area contributed by atoms with E-state index in [2.05, 4.69) is 6.58 Å². The van der Waals surface area contributed by atoms with Gasteiger partial charge in [-0.3, -0.25) is 0 Å². The molecule has 0 aliphatic rings. The Morgan fingerprint density at radius 2 is 1.14 bits per heavy atom. The van der Waals surface area contributed by atoms with E-state index >= 15 is 0 Å². The van der Waals surface area contributed by atoms with E-state index in [0.717, 1.165) is 26.2 Å². The van der Waals surface area contributed by atoms with Crippen molar-refractivity contribution in [3.63, 3.8) is 0 Å². The number of hydroxylamine groups is 4. The van der Waals surface area contributed by atoms with E-state index in [1.807, 2.05) is 27.7 Å². The minimum absolute atomic E-state index is 0.331. The van der Waals surface area contributed by atoms with Crippen LogP contribution in [-0.4, -0.2) is 36.3 Å². The van der Waals surface area contributed by atoms with Crippen LogP contribution >= 0.6 is 0 Å². The summed E-state index contributed by atoms with van der Waals surface area (Å²) in [6.45, 7) is 15.1. The molecule has 0 aromatic heterocycles.